The van der Waals surface area contributed by atoms with Crippen molar-refractivity contribution >= 4 is 10.0 Å². The molecule has 1 aromatic carbocycles. The minimum absolute atomic E-state index is 0.0214. The Morgan fingerprint density at radius 2 is 1.95 bits per heavy atom. The van der Waals surface area contributed by atoms with Gasteiger partial charge in [-0.1, -0.05) is 12.1 Å². The molecule has 5 nitrogen and oxygen atoms in total. The molecule has 19 heavy (non-hydrogen) atoms. The van der Waals surface area contributed by atoms with Crippen LogP contribution in [0.3, 0.4) is 0 Å². The van der Waals surface area contributed by atoms with E-state index in [1.807, 2.05) is 13.0 Å². The number of hydrogen-bond donors (Lipinski definition) is 2. The van der Waals surface area contributed by atoms with Crippen molar-refractivity contribution in [2.24, 2.45) is 0 Å². The second-order valence-corrected chi connectivity index (χ2v) is 6.99. The molecule has 0 radical (unpaired) electrons. The Hall–Kier alpha value is -0.950. The highest BCUT2D eigenvalue weighted by Crippen LogP contribution is 2.19. The first-order chi connectivity index (χ1) is 8.75. The molecule has 1 rings (SSSR count). The van der Waals surface area contributed by atoms with Gasteiger partial charge in [-0.3, -0.25) is 0 Å². The first kappa shape index (κ1) is 16.1. The molecule has 2 atom stereocenters. The highest BCUT2D eigenvalue weighted by molar-refractivity contribution is 7.89. The zero-order chi connectivity index (χ0) is 14.6. The quantitative estimate of drug-likeness (QED) is 0.817. The van der Waals surface area contributed by atoms with Crippen molar-refractivity contribution in [1.82, 2.24) is 9.62 Å². The lowest BCUT2D eigenvalue weighted by atomic mass is 10.1. The lowest BCUT2D eigenvalue weighted by molar-refractivity contribution is 0.187. The first-order valence-electron chi connectivity index (χ1n) is 6.19. The predicted molar refractivity (Wildman–Crippen MR) is 75.4 cm³/mol. The van der Waals surface area contributed by atoms with E-state index in [9.17, 15) is 13.5 Å². The van der Waals surface area contributed by atoms with E-state index in [-0.39, 0.29) is 10.9 Å². The van der Waals surface area contributed by atoms with Crippen LogP contribution in [0.5, 0.6) is 0 Å². The summed E-state index contributed by atoms with van der Waals surface area (Å²) < 4.78 is 25.3. The number of aliphatic hydroxyl groups is 1. The number of nitrogens with zero attached hydrogens (tertiary/aromatic N) is 1. The second-order valence-electron chi connectivity index (χ2n) is 4.84. The SMILES string of the molecule is CC(O)CNC(C)c1cccc(S(=O)(=O)N(C)C)c1. The van der Waals surface area contributed by atoms with Gasteiger partial charge >= 0.3 is 0 Å². The number of nitrogens with one attached hydrogen (secondary N) is 1. The number of benzene rings is 1. The monoisotopic (exact) mass is 286 g/mol. The summed E-state index contributed by atoms with van der Waals surface area (Å²) in [4.78, 5) is 0.278. The molecule has 0 aliphatic heterocycles. The molecule has 1 aromatic rings. The third-order valence-corrected chi connectivity index (χ3v) is 4.67. The summed E-state index contributed by atoms with van der Waals surface area (Å²) in [5.41, 5.74) is 0.878. The van der Waals surface area contributed by atoms with E-state index in [0.717, 1.165) is 5.56 Å². The van der Waals surface area contributed by atoms with E-state index in [2.05, 4.69) is 5.32 Å². The van der Waals surface area contributed by atoms with Crippen molar-refractivity contribution in [3.63, 3.8) is 0 Å². The summed E-state index contributed by atoms with van der Waals surface area (Å²) in [6.45, 7) is 4.10. The number of hydrogen-bond acceptors (Lipinski definition) is 4. The third-order valence-electron chi connectivity index (χ3n) is 2.86. The first-order valence-corrected chi connectivity index (χ1v) is 7.63. The summed E-state index contributed by atoms with van der Waals surface area (Å²) in [5.74, 6) is 0. The normalized spacial score (nSPS) is 15.5. The van der Waals surface area contributed by atoms with Gasteiger partial charge in [-0.15, -0.1) is 0 Å². The van der Waals surface area contributed by atoms with Crippen LogP contribution >= 0.6 is 0 Å². The Bertz CT molecular complexity index is 512. The van der Waals surface area contributed by atoms with Gasteiger partial charge in [0.1, 0.15) is 0 Å². The second kappa shape index (κ2) is 6.47. The van der Waals surface area contributed by atoms with Crippen molar-refractivity contribution in [1.29, 1.82) is 0 Å². The van der Waals surface area contributed by atoms with E-state index in [1.54, 1.807) is 25.1 Å². The summed E-state index contributed by atoms with van der Waals surface area (Å²) >= 11 is 0. The van der Waals surface area contributed by atoms with E-state index < -0.39 is 16.1 Å². The van der Waals surface area contributed by atoms with Crippen LogP contribution in [0.1, 0.15) is 25.5 Å². The maximum atomic E-state index is 12.0. The van der Waals surface area contributed by atoms with E-state index in [0.29, 0.717) is 6.54 Å². The molecule has 0 aliphatic carbocycles. The Labute approximate surface area is 115 Å². The van der Waals surface area contributed by atoms with E-state index >= 15 is 0 Å². The maximum Gasteiger partial charge on any atom is 0.242 e. The summed E-state index contributed by atoms with van der Waals surface area (Å²) in [6, 6.07) is 6.82. The summed E-state index contributed by atoms with van der Waals surface area (Å²) in [5, 5.41) is 12.4. The summed E-state index contributed by atoms with van der Waals surface area (Å²) in [6.07, 6.45) is -0.434. The van der Waals surface area contributed by atoms with Crippen LogP contribution in [0.25, 0.3) is 0 Å². The molecular weight excluding hydrogens is 264 g/mol. The third kappa shape index (κ3) is 4.28. The van der Waals surface area contributed by atoms with Crippen molar-refractivity contribution in [3.8, 4) is 0 Å². The highest BCUT2D eigenvalue weighted by Gasteiger charge is 2.18. The zero-order valence-corrected chi connectivity index (χ0v) is 12.6. The van der Waals surface area contributed by atoms with Crippen LogP contribution in [0.2, 0.25) is 0 Å². The molecule has 0 aromatic heterocycles. The molecule has 0 aliphatic rings. The Morgan fingerprint density at radius 1 is 1.32 bits per heavy atom. The van der Waals surface area contributed by atoms with Crippen LogP contribution in [0.15, 0.2) is 29.2 Å². The molecule has 2 unspecified atom stereocenters. The van der Waals surface area contributed by atoms with Crippen molar-refractivity contribution in [2.45, 2.75) is 30.9 Å². The lowest BCUT2D eigenvalue weighted by Crippen LogP contribution is -2.27. The van der Waals surface area contributed by atoms with Crippen molar-refractivity contribution in [2.75, 3.05) is 20.6 Å². The Morgan fingerprint density at radius 3 is 2.47 bits per heavy atom. The minimum atomic E-state index is -3.41. The molecule has 0 saturated heterocycles. The zero-order valence-electron chi connectivity index (χ0n) is 11.8. The van der Waals surface area contributed by atoms with Crippen LogP contribution in [0.4, 0.5) is 0 Å². The standard InChI is InChI=1S/C13H22N2O3S/c1-10(16)9-14-11(2)12-6-5-7-13(8-12)19(17,18)15(3)4/h5-8,10-11,14,16H,9H2,1-4H3. The molecule has 2 N–H and O–H groups in total. The fraction of sp³-hybridized carbons (Fsp3) is 0.538. The van der Waals surface area contributed by atoms with Gasteiger partial charge in [-0.05, 0) is 31.5 Å². The molecule has 108 valence electrons. The van der Waals surface area contributed by atoms with Crippen molar-refractivity contribution in [3.05, 3.63) is 29.8 Å². The molecule has 0 heterocycles. The highest BCUT2D eigenvalue weighted by atomic mass is 32.2. The molecular formula is C13H22N2O3S. The van der Waals surface area contributed by atoms with E-state index in [4.69, 9.17) is 0 Å². The fourth-order valence-corrected chi connectivity index (χ4v) is 2.58. The molecule has 0 saturated carbocycles. The average Bonchev–Trinajstić information content (AvgIpc) is 2.35. The summed E-state index contributed by atoms with van der Waals surface area (Å²) in [7, 11) is -0.386. The van der Waals surface area contributed by atoms with Gasteiger partial charge in [0.05, 0.1) is 11.0 Å². The van der Waals surface area contributed by atoms with E-state index in [1.165, 1.54) is 18.4 Å². The minimum Gasteiger partial charge on any atom is -0.392 e. The van der Waals surface area contributed by atoms with Gasteiger partial charge in [0.25, 0.3) is 0 Å². The number of aliphatic hydroxyl groups excluding tert-OH is 1. The van der Waals surface area contributed by atoms with Crippen molar-refractivity contribution < 1.29 is 13.5 Å². The van der Waals surface area contributed by atoms with Gasteiger partial charge in [0.2, 0.25) is 10.0 Å². The van der Waals surface area contributed by atoms with Gasteiger partial charge in [-0.2, -0.15) is 0 Å². The molecule has 0 fully saturated rings. The maximum absolute atomic E-state index is 12.0. The van der Waals surface area contributed by atoms with Crippen LogP contribution in [-0.4, -0.2) is 44.6 Å². The van der Waals surface area contributed by atoms with Crippen LogP contribution in [-0.2, 0) is 10.0 Å². The van der Waals surface area contributed by atoms with Crippen LogP contribution < -0.4 is 5.32 Å². The molecule has 0 bridgehead atoms. The molecule has 0 amide bonds. The number of sulfonamides is 1. The smallest absolute Gasteiger partial charge is 0.242 e. The lowest BCUT2D eigenvalue weighted by Gasteiger charge is -2.17. The Balaban J connectivity index is 2.95. The largest absolute Gasteiger partial charge is 0.392 e. The van der Waals surface area contributed by atoms with Gasteiger partial charge < -0.3 is 10.4 Å². The topological polar surface area (TPSA) is 69.6 Å². The Kier molecular flexibility index (Phi) is 5.49. The van der Waals surface area contributed by atoms with Crippen LogP contribution in [0, 0.1) is 0 Å². The fourth-order valence-electron chi connectivity index (χ4n) is 1.62. The molecule has 6 heteroatoms. The number of rotatable bonds is 6. The average molecular weight is 286 g/mol. The van der Waals surface area contributed by atoms with Gasteiger partial charge in [-0.25, -0.2) is 12.7 Å². The predicted octanol–water partition coefficient (Wildman–Crippen LogP) is 0.968. The van der Waals surface area contributed by atoms with Gasteiger partial charge in [0.15, 0.2) is 0 Å². The molecule has 0 spiro atoms. The van der Waals surface area contributed by atoms with Gasteiger partial charge in [0, 0.05) is 26.7 Å².